The Hall–Kier alpha value is -3.82. The molecule has 3 aromatic carbocycles. The fourth-order valence-electron chi connectivity index (χ4n) is 4.37. The number of ether oxygens (including phenoxy) is 2. The van der Waals surface area contributed by atoms with E-state index in [1.54, 1.807) is 31.4 Å². The fourth-order valence-corrected chi connectivity index (χ4v) is 5.63. The summed E-state index contributed by atoms with van der Waals surface area (Å²) in [6.07, 6.45) is 0.526. The van der Waals surface area contributed by atoms with Crippen LogP contribution in [0.5, 0.6) is 11.5 Å². The Morgan fingerprint density at radius 2 is 1.89 bits per heavy atom. The zero-order chi connectivity index (χ0) is 26.6. The molecule has 8 nitrogen and oxygen atoms in total. The van der Waals surface area contributed by atoms with Gasteiger partial charge in [-0.2, -0.15) is 10.1 Å². The Labute approximate surface area is 229 Å². The molecular weight excluding hydrogens is 524 g/mol. The molecule has 2 unspecified atom stereocenters. The van der Waals surface area contributed by atoms with Gasteiger partial charge in [-0.15, -0.1) is 0 Å². The summed E-state index contributed by atoms with van der Waals surface area (Å²) in [5, 5.41) is 9.87. The molecule has 0 aromatic heterocycles. The van der Waals surface area contributed by atoms with Crippen LogP contribution in [-0.4, -0.2) is 47.2 Å². The number of nitrogens with zero attached hydrogens (tertiary/aromatic N) is 3. The summed E-state index contributed by atoms with van der Waals surface area (Å²) in [7, 11) is 3.21. The summed E-state index contributed by atoms with van der Waals surface area (Å²) >= 11 is 7.56. The van der Waals surface area contributed by atoms with Gasteiger partial charge in [-0.05, 0) is 48.0 Å². The number of carbonyl (C=O) groups excluding carboxylic acids is 2. The molecule has 0 saturated heterocycles. The van der Waals surface area contributed by atoms with Crippen molar-refractivity contribution in [2.75, 3.05) is 19.5 Å². The van der Waals surface area contributed by atoms with Gasteiger partial charge in [0.05, 0.1) is 26.0 Å². The molecule has 0 fully saturated rings. The first-order chi connectivity index (χ1) is 18.4. The second-order valence-corrected chi connectivity index (χ2v) is 10.3. The second kappa shape index (κ2) is 11.3. The minimum absolute atomic E-state index is 0.00133. The van der Waals surface area contributed by atoms with Crippen LogP contribution in [0, 0.1) is 0 Å². The summed E-state index contributed by atoms with van der Waals surface area (Å²) in [5.41, 5.74) is 3.15. The van der Waals surface area contributed by atoms with E-state index >= 15 is 0 Å². The van der Waals surface area contributed by atoms with Gasteiger partial charge >= 0.3 is 0 Å². The molecule has 38 heavy (non-hydrogen) atoms. The number of rotatable bonds is 7. The zero-order valence-corrected chi connectivity index (χ0v) is 22.3. The summed E-state index contributed by atoms with van der Waals surface area (Å²) in [5.74, 6) is 0.717. The molecule has 2 amide bonds. The van der Waals surface area contributed by atoms with Crippen molar-refractivity contribution in [3.8, 4) is 11.5 Å². The average molecular weight is 549 g/mol. The lowest BCUT2D eigenvalue weighted by Gasteiger charge is -2.23. The van der Waals surface area contributed by atoms with Crippen LogP contribution in [-0.2, 0) is 9.59 Å². The van der Waals surface area contributed by atoms with Crippen LogP contribution in [0.3, 0.4) is 0 Å². The molecule has 2 heterocycles. The SMILES string of the molecule is COc1ccc(OC)c(C2=NN(C3=NC(=O)C(CC(=O)Nc4ccccc4)S3)C(c3cccc(Cl)c3)C2)c1. The first-order valence-electron chi connectivity index (χ1n) is 11.9. The van der Waals surface area contributed by atoms with Gasteiger partial charge in [-0.1, -0.05) is 53.7 Å². The highest BCUT2D eigenvalue weighted by molar-refractivity contribution is 8.15. The van der Waals surface area contributed by atoms with E-state index in [1.807, 2.05) is 60.7 Å². The predicted octanol–water partition coefficient (Wildman–Crippen LogP) is 5.54. The molecule has 3 aromatic rings. The number of hydrazone groups is 1. The van der Waals surface area contributed by atoms with Gasteiger partial charge in [-0.25, -0.2) is 5.01 Å². The monoisotopic (exact) mass is 548 g/mol. The van der Waals surface area contributed by atoms with Crippen molar-refractivity contribution in [2.45, 2.75) is 24.1 Å². The lowest BCUT2D eigenvalue weighted by molar-refractivity contribution is -0.121. The smallest absolute Gasteiger partial charge is 0.262 e. The third-order valence-corrected chi connectivity index (χ3v) is 7.59. The molecule has 2 aliphatic heterocycles. The molecule has 194 valence electrons. The number of methoxy groups -OCH3 is 2. The summed E-state index contributed by atoms with van der Waals surface area (Å²) < 4.78 is 11.0. The van der Waals surface area contributed by atoms with Crippen LogP contribution in [0.15, 0.2) is 82.9 Å². The molecule has 2 aliphatic rings. The number of carbonyl (C=O) groups is 2. The van der Waals surface area contributed by atoms with Crippen molar-refractivity contribution < 1.29 is 19.1 Å². The van der Waals surface area contributed by atoms with Gasteiger partial charge in [0, 0.05) is 29.1 Å². The van der Waals surface area contributed by atoms with E-state index in [2.05, 4.69) is 10.3 Å². The van der Waals surface area contributed by atoms with Gasteiger partial charge < -0.3 is 14.8 Å². The van der Waals surface area contributed by atoms with Gasteiger partial charge in [-0.3, -0.25) is 9.59 Å². The highest BCUT2D eigenvalue weighted by Gasteiger charge is 2.39. The Bertz CT molecular complexity index is 1430. The number of hydrogen-bond acceptors (Lipinski definition) is 7. The maximum Gasteiger partial charge on any atom is 0.262 e. The number of thioether (sulfide) groups is 1. The van der Waals surface area contributed by atoms with Crippen molar-refractivity contribution in [3.05, 3.63) is 88.9 Å². The second-order valence-electron chi connectivity index (χ2n) is 8.69. The molecule has 0 radical (unpaired) electrons. The number of anilines is 1. The number of hydrogen-bond donors (Lipinski definition) is 1. The van der Waals surface area contributed by atoms with Crippen molar-refractivity contribution in [2.24, 2.45) is 10.1 Å². The summed E-state index contributed by atoms with van der Waals surface area (Å²) in [6.45, 7) is 0. The molecule has 10 heteroatoms. The largest absolute Gasteiger partial charge is 0.497 e. The van der Waals surface area contributed by atoms with E-state index < -0.39 is 5.25 Å². The number of benzene rings is 3. The number of halogens is 1. The molecule has 0 saturated carbocycles. The quantitative estimate of drug-likeness (QED) is 0.417. The first-order valence-corrected chi connectivity index (χ1v) is 13.2. The Morgan fingerprint density at radius 3 is 2.63 bits per heavy atom. The van der Waals surface area contributed by atoms with Crippen LogP contribution >= 0.6 is 23.4 Å². The highest BCUT2D eigenvalue weighted by atomic mass is 35.5. The summed E-state index contributed by atoms with van der Waals surface area (Å²) in [6, 6.07) is 22.0. The number of para-hydroxylation sites is 1. The minimum Gasteiger partial charge on any atom is -0.497 e. The number of aliphatic imine (C=N–C) groups is 1. The summed E-state index contributed by atoms with van der Waals surface area (Å²) in [4.78, 5) is 29.8. The standard InChI is InChI=1S/C28H25ClN4O4S/c1-36-20-11-12-24(37-2)21(14-20)22-15-23(17-7-6-8-18(29)13-17)33(32-22)28-31-27(35)25(38-28)16-26(34)30-19-9-4-3-5-10-19/h3-14,23,25H,15-16H2,1-2H3,(H,30,34). The topological polar surface area (TPSA) is 92.6 Å². The highest BCUT2D eigenvalue weighted by Crippen LogP contribution is 2.40. The zero-order valence-electron chi connectivity index (χ0n) is 20.8. The molecule has 1 N–H and O–H groups in total. The number of amides is 2. The molecule has 2 atom stereocenters. The maximum atomic E-state index is 12.8. The number of amidine groups is 1. The van der Waals surface area contributed by atoms with E-state index in [0.29, 0.717) is 33.8 Å². The maximum absolute atomic E-state index is 12.8. The first kappa shape index (κ1) is 25.8. The third-order valence-electron chi connectivity index (χ3n) is 6.21. The lowest BCUT2D eigenvalue weighted by Crippen LogP contribution is -2.25. The van der Waals surface area contributed by atoms with Crippen LogP contribution in [0.4, 0.5) is 5.69 Å². The molecule has 5 rings (SSSR count). The molecular formula is C28H25ClN4O4S. The Balaban J connectivity index is 1.42. The van der Waals surface area contributed by atoms with E-state index in [9.17, 15) is 9.59 Å². The van der Waals surface area contributed by atoms with Gasteiger partial charge in [0.15, 0.2) is 5.17 Å². The number of nitrogens with one attached hydrogen (secondary N) is 1. The molecule has 0 aliphatic carbocycles. The Morgan fingerprint density at radius 1 is 1.08 bits per heavy atom. The van der Waals surface area contributed by atoms with Crippen molar-refractivity contribution in [1.29, 1.82) is 0 Å². The lowest BCUT2D eigenvalue weighted by atomic mass is 9.98. The van der Waals surface area contributed by atoms with Gasteiger partial charge in [0.2, 0.25) is 5.91 Å². The van der Waals surface area contributed by atoms with E-state index in [4.69, 9.17) is 26.2 Å². The molecule has 0 spiro atoms. The normalized spacial score (nSPS) is 18.7. The Kier molecular flexibility index (Phi) is 7.67. The van der Waals surface area contributed by atoms with Crippen molar-refractivity contribution in [1.82, 2.24) is 5.01 Å². The van der Waals surface area contributed by atoms with E-state index in [1.165, 1.54) is 11.8 Å². The van der Waals surface area contributed by atoms with E-state index in [0.717, 1.165) is 16.8 Å². The van der Waals surface area contributed by atoms with Crippen LogP contribution in [0.1, 0.15) is 30.0 Å². The van der Waals surface area contributed by atoms with Crippen LogP contribution < -0.4 is 14.8 Å². The van der Waals surface area contributed by atoms with E-state index in [-0.39, 0.29) is 24.3 Å². The predicted molar refractivity (Wildman–Crippen MR) is 150 cm³/mol. The molecule has 0 bridgehead atoms. The van der Waals surface area contributed by atoms with Crippen LogP contribution in [0.2, 0.25) is 5.02 Å². The minimum atomic E-state index is -0.640. The van der Waals surface area contributed by atoms with Crippen molar-refractivity contribution >= 4 is 51.7 Å². The average Bonchev–Trinajstić information content (AvgIpc) is 3.52. The fraction of sp³-hybridized carbons (Fsp3) is 0.214. The van der Waals surface area contributed by atoms with Crippen LogP contribution in [0.25, 0.3) is 0 Å². The van der Waals surface area contributed by atoms with Crippen molar-refractivity contribution in [3.63, 3.8) is 0 Å². The third kappa shape index (κ3) is 5.54. The van der Waals surface area contributed by atoms with Gasteiger partial charge in [0.25, 0.3) is 5.91 Å². The van der Waals surface area contributed by atoms with Gasteiger partial charge in [0.1, 0.15) is 16.7 Å².